The summed E-state index contributed by atoms with van der Waals surface area (Å²) in [7, 11) is 1.34. The van der Waals surface area contributed by atoms with Crippen molar-refractivity contribution in [1.82, 2.24) is 0 Å². The average Bonchev–Trinajstić information content (AvgIpc) is 2.02. The second-order valence-electron chi connectivity index (χ2n) is 3.02. The molecule has 0 saturated heterocycles. The third-order valence-electron chi connectivity index (χ3n) is 1.99. The van der Waals surface area contributed by atoms with Gasteiger partial charge in [-0.15, -0.1) is 0 Å². The lowest BCUT2D eigenvalue weighted by molar-refractivity contribution is 0.430. The minimum absolute atomic E-state index is 0.243. The van der Waals surface area contributed by atoms with Gasteiger partial charge in [0.05, 0.1) is 0 Å². The van der Waals surface area contributed by atoms with E-state index in [4.69, 9.17) is 10.7 Å². The average molecular weight is 207 g/mol. The molecule has 1 rings (SSSR count). The summed E-state index contributed by atoms with van der Waals surface area (Å²) < 4.78 is 20.9. The van der Waals surface area contributed by atoms with Crippen LogP contribution in [0.5, 0.6) is 0 Å². The quantitative estimate of drug-likeness (QED) is 0.449. The van der Waals surface area contributed by atoms with Crippen LogP contribution in [0.4, 0.5) is 0 Å². The molecule has 0 N–H and O–H groups in total. The van der Waals surface area contributed by atoms with Gasteiger partial charge in [-0.2, -0.15) is 8.42 Å². The Balaban J connectivity index is 2.53. The van der Waals surface area contributed by atoms with E-state index in [1.807, 2.05) is 0 Å². The van der Waals surface area contributed by atoms with Crippen molar-refractivity contribution >= 4 is 19.7 Å². The molecule has 1 aliphatic rings. The molecule has 1 saturated carbocycles. The van der Waals surface area contributed by atoms with Gasteiger partial charge in [-0.3, -0.25) is 0 Å². The molecule has 12 heavy (non-hydrogen) atoms. The largest absolute Gasteiger partial charge is 0.300 e. The Morgan fingerprint density at radius 1 is 1.17 bits per heavy atom. The molecule has 0 radical (unpaired) electrons. The number of halogens is 1. The highest BCUT2D eigenvalue weighted by atomic mass is 35.7. The zero-order valence-electron chi connectivity index (χ0n) is 6.72. The van der Waals surface area contributed by atoms with Crippen molar-refractivity contribution < 1.29 is 8.42 Å². The first-order valence-corrected chi connectivity index (χ1v) is 6.36. The van der Waals surface area contributed by atoms with Crippen LogP contribution in [0.1, 0.15) is 32.1 Å². The minimum Gasteiger partial charge on any atom is -0.198 e. The SMILES string of the molecule is O=S(=O)(Cl)C#CC1CCCCC1. The molecule has 0 aliphatic heterocycles. The topological polar surface area (TPSA) is 34.1 Å². The molecule has 0 atom stereocenters. The van der Waals surface area contributed by atoms with Crippen molar-refractivity contribution in [2.45, 2.75) is 32.1 Å². The lowest BCUT2D eigenvalue weighted by atomic mass is 9.90. The lowest BCUT2D eigenvalue weighted by Gasteiger charge is -2.15. The molecule has 0 aromatic rings. The van der Waals surface area contributed by atoms with Crippen LogP contribution in [0.3, 0.4) is 0 Å². The molecule has 1 aliphatic carbocycles. The zero-order valence-corrected chi connectivity index (χ0v) is 8.29. The van der Waals surface area contributed by atoms with Crippen molar-refractivity contribution in [2.24, 2.45) is 5.92 Å². The molecule has 1 fully saturated rings. The van der Waals surface area contributed by atoms with Crippen LogP contribution in [0.15, 0.2) is 0 Å². The van der Waals surface area contributed by atoms with E-state index in [0.29, 0.717) is 0 Å². The molecular weight excluding hydrogens is 196 g/mol. The molecule has 0 amide bonds. The number of rotatable bonds is 0. The third-order valence-corrected chi connectivity index (χ3v) is 2.58. The molecule has 0 unspecified atom stereocenters. The van der Waals surface area contributed by atoms with E-state index in [1.54, 1.807) is 0 Å². The number of hydrogen-bond donors (Lipinski definition) is 0. The van der Waals surface area contributed by atoms with Crippen molar-refractivity contribution in [2.75, 3.05) is 0 Å². The zero-order chi connectivity index (χ0) is 9.03. The fourth-order valence-corrected chi connectivity index (χ4v) is 1.84. The van der Waals surface area contributed by atoms with Crippen molar-refractivity contribution in [3.05, 3.63) is 0 Å². The molecule has 68 valence electrons. The maximum Gasteiger partial charge on any atom is 0.300 e. The first-order valence-electron chi connectivity index (χ1n) is 4.05. The summed E-state index contributed by atoms with van der Waals surface area (Å²) in [5, 5.41) is 2.08. The molecule has 0 heterocycles. The van der Waals surface area contributed by atoms with E-state index in [1.165, 1.54) is 6.42 Å². The summed E-state index contributed by atoms with van der Waals surface area (Å²) in [5.41, 5.74) is 0. The molecule has 2 nitrogen and oxygen atoms in total. The molecular formula is C8H11ClO2S. The van der Waals surface area contributed by atoms with Crippen LogP contribution >= 0.6 is 10.7 Å². The highest BCUT2D eigenvalue weighted by molar-refractivity contribution is 8.17. The van der Waals surface area contributed by atoms with E-state index in [-0.39, 0.29) is 5.92 Å². The molecule has 0 aromatic carbocycles. The van der Waals surface area contributed by atoms with Gasteiger partial charge in [-0.25, -0.2) is 0 Å². The predicted octanol–water partition coefficient (Wildman–Crippen LogP) is 2.10. The predicted molar refractivity (Wildman–Crippen MR) is 49.1 cm³/mol. The summed E-state index contributed by atoms with van der Waals surface area (Å²) in [6, 6.07) is 0. The summed E-state index contributed by atoms with van der Waals surface area (Å²) >= 11 is 0. The Hall–Kier alpha value is -0.200. The highest BCUT2D eigenvalue weighted by Gasteiger charge is 2.10. The van der Waals surface area contributed by atoms with Gasteiger partial charge < -0.3 is 0 Å². The highest BCUT2D eigenvalue weighted by Crippen LogP contribution is 2.22. The van der Waals surface area contributed by atoms with E-state index in [9.17, 15) is 8.42 Å². The first-order chi connectivity index (χ1) is 5.58. The number of hydrogen-bond acceptors (Lipinski definition) is 2. The normalized spacial score (nSPS) is 19.8. The van der Waals surface area contributed by atoms with Crippen LogP contribution < -0.4 is 0 Å². The molecule has 0 spiro atoms. The van der Waals surface area contributed by atoms with Gasteiger partial charge in [0.1, 0.15) is 0 Å². The van der Waals surface area contributed by atoms with Crippen LogP contribution in [0.2, 0.25) is 0 Å². The second kappa shape index (κ2) is 4.15. The second-order valence-corrected chi connectivity index (χ2v) is 5.32. The molecule has 4 heteroatoms. The minimum atomic E-state index is -3.61. The summed E-state index contributed by atoms with van der Waals surface area (Å²) in [5.74, 6) is 2.93. The summed E-state index contributed by atoms with van der Waals surface area (Å²) in [6.45, 7) is 0. The maximum absolute atomic E-state index is 10.5. The van der Waals surface area contributed by atoms with Gasteiger partial charge in [0.2, 0.25) is 0 Å². The van der Waals surface area contributed by atoms with Gasteiger partial charge in [0, 0.05) is 21.9 Å². The Morgan fingerprint density at radius 3 is 2.25 bits per heavy atom. The summed E-state index contributed by atoms with van der Waals surface area (Å²) in [4.78, 5) is 0. The van der Waals surface area contributed by atoms with Gasteiger partial charge >= 0.3 is 9.05 Å². The summed E-state index contributed by atoms with van der Waals surface area (Å²) in [6.07, 6.45) is 5.58. The van der Waals surface area contributed by atoms with Gasteiger partial charge in [-0.05, 0) is 12.8 Å². The van der Waals surface area contributed by atoms with Gasteiger partial charge in [0.15, 0.2) is 0 Å². The van der Waals surface area contributed by atoms with Crippen LogP contribution in [0, 0.1) is 17.1 Å². The Labute approximate surface area is 77.7 Å². The Morgan fingerprint density at radius 2 is 1.75 bits per heavy atom. The Bertz CT molecular complexity index is 291. The smallest absolute Gasteiger partial charge is 0.198 e. The fourth-order valence-electron chi connectivity index (χ4n) is 1.40. The van der Waals surface area contributed by atoms with Gasteiger partial charge in [0.25, 0.3) is 0 Å². The Kier molecular flexibility index (Phi) is 3.42. The van der Waals surface area contributed by atoms with E-state index in [2.05, 4.69) is 11.2 Å². The van der Waals surface area contributed by atoms with Crippen molar-refractivity contribution in [1.29, 1.82) is 0 Å². The lowest BCUT2D eigenvalue weighted by Crippen LogP contribution is -2.03. The van der Waals surface area contributed by atoms with Crippen LogP contribution in [-0.2, 0) is 9.05 Å². The standard InChI is InChI=1S/C8H11ClO2S/c9-12(10,11)7-6-8-4-2-1-3-5-8/h8H,1-5H2. The van der Waals surface area contributed by atoms with Crippen molar-refractivity contribution in [3.63, 3.8) is 0 Å². The van der Waals surface area contributed by atoms with Crippen molar-refractivity contribution in [3.8, 4) is 11.2 Å². The van der Waals surface area contributed by atoms with Crippen LogP contribution in [0.25, 0.3) is 0 Å². The fraction of sp³-hybridized carbons (Fsp3) is 0.750. The van der Waals surface area contributed by atoms with E-state index < -0.39 is 9.05 Å². The molecule has 0 aromatic heterocycles. The monoisotopic (exact) mass is 206 g/mol. The van der Waals surface area contributed by atoms with E-state index >= 15 is 0 Å². The van der Waals surface area contributed by atoms with Crippen LogP contribution in [-0.4, -0.2) is 8.42 Å². The first kappa shape index (κ1) is 9.88. The third kappa shape index (κ3) is 3.99. The van der Waals surface area contributed by atoms with Gasteiger partial charge in [-0.1, -0.05) is 25.2 Å². The molecule has 0 bridgehead atoms. The van der Waals surface area contributed by atoms with E-state index in [0.717, 1.165) is 25.7 Å². The maximum atomic E-state index is 10.5.